The highest BCUT2D eigenvalue weighted by Crippen LogP contribution is 2.21. The smallest absolute Gasteiger partial charge is 0.279 e. The Morgan fingerprint density at radius 3 is 2.58 bits per heavy atom. The second-order valence-electron chi connectivity index (χ2n) is 6.97. The van der Waals surface area contributed by atoms with Gasteiger partial charge in [0.05, 0.1) is 11.0 Å². The summed E-state index contributed by atoms with van der Waals surface area (Å²) in [6.07, 6.45) is 12.5. The third-order valence-electron chi connectivity index (χ3n) is 5.05. The van der Waals surface area contributed by atoms with E-state index < -0.39 is 0 Å². The number of rotatable bonds is 2. The third kappa shape index (κ3) is 3.45. The lowest BCUT2D eigenvalue weighted by molar-refractivity contribution is -0.121. The summed E-state index contributed by atoms with van der Waals surface area (Å²) in [6.45, 7) is 0. The van der Waals surface area contributed by atoms with Crippen LogP contribution in [0.5, 0.6) is 0 Å². The molecule has 2 aromatic rings. The third-order valence-corrected chi connectivity index (χ3v) is 5.05. The Labute approximate surface area is 153 Å². The number of aromatic nitrogens is 2. The Morgan fingerprint density at radius 2 is 1.81 bits per heavy atom. The molecule has 0 bridgehead atoms. The summed E-state index contributed by atoms with van der Waals surface area (Å²) in [4.78, 5) is 27.3. The predicted molar refractivity (Wildman–Crippen MR) is 102 cm³/mol. The maximum absolute atomic E-state index is 12.6. The molecule has 134 valence electrons. The summed E-state index contributed by atoms with van der Waals surface area (Å²) in [5.74, 6) is 0.578. The Bertz CT molecular complexity index is 881. The zero-order chi connectivity index (χ0) is 17.9. The molecule has 6 nitrogen and oxygen atoms in total. The van der Waals surface area contributed by atoms with Crippen molar-refractivity contribution in [2.45, 2.75) is 44.6 Å². The van der Waals surface area contributed by atoms with Gasteiger partial charge < -0.3 is 5.32 Å². The topological polar surface area (TPSA) is 70.5 Å². The van der Waals surface area contributed by atoms with Gasteiger partial charge in [-0.05, 0) is 36.6 Å². The van der Waals surface area contributed by atoms with E-state index >= 15 is 0 Å². The SMILES string of the molecule is CN1C(=O)/C(=C/c2ccc3nccnc3c2)N=C1NC1CCCCCC1. The van der Waals surface area contributed by atoms with E-state index in [1.165, 1.54) is 25.7 Å². The first-order valence-electron chi connectivity index (χ1n) is 9.26. The van der Waals surface area contributed by atoms with Gasteiger partial charge in [-0.3, -0.25) is 19.7 Å². The van der Waals surface area contributed by atoms with E-state index in [0.717, 1.165) is 29.4 Å². The number of hydrogen-bond donors (Lipinski definition) is 1. The molecular weight excluding hydrogens is 326 g/mol. The van der Waals surface area contributed by atoms with Gasteiger partial charge in [0.25, 0.3) is 5.91 Å². The van der Waals surface area contributed by atoms with Gasteiger partial charge in [-0.1, -0.05) is 31.7 Å². The second kappa shape index (κ2) is 7.23. The number of nitrogens with one attached hydrogen (secondary N) is 1. The molecule has 0 spiro atoms. The summed E-state index contributed by atoms with van der Waals surface area (Å²) >= 11 is 0. The fourth-order valence-corrected chi connectivity index (χ4v) is 3.56. The molecule has 2 aliphatic rings. The number of benzene rings is 1. The van der Waals surface area contributed by atoms with Crippen LogP contribution in [-0.2, 0) is 4.79 Å². The average Bonchev–Trinajstić information content (AvgIpc) is 2.85. The Balaban J connectivity index is 1.57. The van der Waals surface area contributed by atoms with Gasteiger partial charge in [0.1, 0.15) is 5.70 Å². The Kier molecular flexibility index (Phi) is 4.65. The first kappa shape index (κ1) is 16.7. The zero-order valence-electron chi connectivity index (χ0n) is 15.0. The van der Waals surface area contributed by atoms with Gasteiger partial charge in [0.15, 0.2) is 0 Å². The van der Waals surface area contributed by atoms with Crippen LogP contribution in [0.15, 0.2) is 41.3 Å². The summed E-state index contributed by atoms with van der Waals surface area (Å²) in [5.41, 5.74) is 2.99. The molecule has 0 atom stereocenters. The van der Waals surface area contributed by atoms with Crippen molar-refractivity contribution >= 4 is 29.0 Å². The standard InChI is InChI=1S/C20H23N5O/c1-25-19(26)18(24-20(25)23-15-6-4-2-3-5-7-15)13-14-8-9-16-17(12-14)22-11-10-21-16/h8-13,15H,2-7H2,1H3,(H,23,24)/b18-13-. The van der Waals surface area contributed by atoms with Crippen molar-refractivity contribution in [3.8, 4) is 0 Å². The van der Waals surface area contributed by atoms with Crippen LogP contribution in [0.25, 0.3) is 17.1 Å². The van der Waals surface area contributed by atoms with Gasteiger partial charge in [-0.25, -0.2) is 4.99 Å². The zero-order valence-corrected chi connectivity index (χ0v) is 15.0. The Morgan fingerprint density at radius 1 is 1.08 bits per heavy atom. The first-order valence-corrected chi connectivity index (χ1v) is 9.26. The lowest BCUT2D eigenvalue weighted by atomic mass is 10.1. The molecule has 2 heterocycles. The van der Waals surface area contributed by atoms with Gasteiger partial charge >= 0.3 is 0 Å². The van der Waals surface area contributed by atoms with Crippen LogP contribution in [0.3, 0.4) is 0 Å². The Hall–Kier alpha value is -2.76. The van der Waals surface area contributed by atoms with Crippen molar-refractivity contribution in [1.82, 2.24) is 20.2 Å². The van der Waals surface area contributed by atoms with Crippen LogP contribution >= 0.6 is 0 Å². The van der Waals surface area contributed by atoms with Crippen LogP contribution in [0, 0.1) is 0 Å². The van der Waals surface area contributed by atoms with Crippen molar-refractivity contribution in [3.63, 3.8) is 0 Å². The first-order chi connectivity index (χ1) is 12.7. The molecule has 26 heavy (non-hydrogen) atoms. The van der Waals surface area contributed by atoms with E-state index in [1.807, 2.05) is 24.3 Å². The fourth-order valence-electron chi connectivity index (χ4n) is 3.56. The largest absolute Gasteiger partial charge is 0.353 e. The average molecular weight is 349 g/mol. The number of nitrogens with zero attached hydrogens (tertiary/aromatic N) is 4. The number of carbonyl (C=O) groups is 1. The van der Waals surface area contributed by atoms with E-state index in [9.17, 15) is 4.79 Å². The predicted octanol–water partition coefficient (Wildman–Crippen LogP) is 3.11. The maximum atomic E-state index is 12.6. The molecule has 1 N–H and O–H groups in total. The number of hydrogen-bond acceptors (Lipinski definition) is 5. The van der Waals surface area contributed by atoms with Crippen LogP contribution in [-0.4, -0.2) is 39.8 Å². The molecule has 4 rings (SSSR count). The number of carbonyl (C=O) groups excluding carboxylic acids is 1. The van der Waals surface area contributed by atoms with Crippen LogP contribution in [0.4, 0.5) is 0 Å². The molecule has 1 aromatic carbocycles. The molecule has 1 fully saturated rings. The molecule has 0 unspecified atom stereocenters. The monoisotopic (exact) mass is 349 g/mol. The summed E-state index contributed by atoms with van der Waals surface area (Å²) in [5, 5.41) is 3.48. The number of likely N-dealkylation sites (N-methyl/N-ethyl adjacent to an activating group) is 1. The van der Waals surface area contributed by atoms with Crippen molar-refractivity contribution in [3.05, 3.63) is 41.9 Å². The van der Waals surface area contributed by atoms with Crippen molar-refractivity contribution in [2.75, 3.05) is 7.05 Å². The molecule has 6 heteroatoms. The minimum atomic E-state index is -0.0830. The van der Waals surface area contributed by atoms with Crippen LogP contribution in [0.2, 0.25) is 0 Å². The van der Waals surface area contributed by atoms with Crippen LogP contribution in [0.1, 0.15) is 44.1 Å². The van der Waals surface area contributed by atoms with Crippen LogP contribution < -0.4 is 5.32 Å². The number of amides is 1. The molecular formula is C20H23N5O. The maximum Gasteiger partial charge on any atom is 0.279 e. The summed E-state index contributed by atoms with van der Waals surface area (Å²) in [7, 11) is 1.78. The minimum Gasteiger partial charge on any atom is -0.353 e. The van der Waals surface area contributed by atoms with Gasteiger partial charge in [0.2, 0.25) is 5.96 Å². The molecule has 1 amide bonds. The van der Waals surface area contributed by atoms with E-state index in [1.54, 1.807) is 24.3 Å². The molecule has 1 aliphatic carbocycles. The molecule has 0 saturated heterocycles. The van der Waals surface area contributed by atoms with Crippen molar-refractivity contribution in [2.24, 2.45) is 4.99 Å². The van der Waals surface area contributed by atoms with Crippen molar-refractivity contribution < 1.29 is 4.79 Å². The minimum absolute atomic E-state index is 0.0830. The highest BCUT2D eigenvalue weighted by molar-refractivity contribution is 6.13. The summed E-state index contributed by atoms with van der Waals surface area (Å²) in [6, 6.07) is 6.17. The molecule has 0 radical (unpaired) electrons. The molecule has 1 saturated carbocycles. The van der Waals surface area contributed by atoms with Crippen molar-refractivity contribution in [1.29, 1.82) is 0 Å². The highest BCUT2D eigenvalue weighted by atomic mass is 16.2. The van der Waals surface area contributed by atoms with E-state index in [-0.39, 0.29) is 5.91 Å². The van der Waals surface area contributed by atoms with Gasteiger partial charge in [-0.15, -0.1) is 0 Å². The molecule has 1 aliphatic heterocycles. The fraction of sp³-hybridized carbons (Fsp3) is 0.400. The quantitative estimate of drug-likeness (QED) is 0.668. The number of aliphatic imine (C=N–C) groups is 1. The van der Waals surface area contributed by atoms with E-state index in [0.29, 0.717) is 17.7 Å². The second-order valence-corrected chi connectivity index (χ2v) is 6.97. The molecule has 1 aromatic heterocycles. The lowest BCUT2D eigenvalue weighted by Crippen LogP contribution is -2.43. The number of fused-ring (bicyclic) bond motifs is 1. The van der Waals surface area contributed by atoms with E-state index in [2.05, 4.69) is 20.3 Å². The highest BCUT2D eigenvalue weighted by Gasteiger charge is 2.28. The summed E-state index contributed by atoms with van der Waals surface area (Å²) < 4.78 is 0. The van der Waals surface area contributed by atoms with Gasteiger partial charge in [0, 0.05) is 25.5 Å². The van der Waals surface area contributed by atoms with Gasteiger partial charge in [-0.2, -0.15) is 0 Å². The normalized spacial score (nSPS) is 20.5. The lowest BCUT2D eigenvalue weighted by Gasteiger charge is -2.20. The number of guanidine groups is 1. The van der Waals surface area contributed by atoms with E-state index in [4.69, 9.17) is 0 Å².